The summed E-state index contributed by atoms with van der Waals surface area (Å²) in [6.07, 6.45) is 0.803. The second kappa shape index (κ2) is 4.85. The normalized spacial score (nSPS) is 14.4. The Morgan fingerprint density at radius 3 is 2.82 bits per heavy atom. The monoisotopic (exact) mass is 252 g/mol. The van der Waals surface area contributed by atoms with Crippen LogP contribution < -0.4 is 10.2 Å². The first-order valence-electron chi connectivity index (χ1n) is 5.45. The van der Waals surface area contributed by atoms with Crippen molar-refractivity contribution in [2.45, 2.75) is 6.42 Å². The summed E-state index contributed by atoms with van der Waals surface area (Å²) in [6, 6.07) is 4.96. The number of ketones is 1. The molecule has 1 N–H and O–H groups in total. The minimum absolute atomic E-state index is 0.409. The van der Waals surface area contributed by atoms with Gasteiger partial charge in [-0.3, -0.25) is 9.59 Å². The molecule has 1 aliphatic rings. The fourth-order valence-electron chi connectivity index (χ4n) is 1.91. The molecule has 0 aromatic heterocycles. The Morgan fingerprint density at radius 2 is 2.12 bits per heavy atom. The van der Waals surface area contributed by atoms with Crippen LogP contribution in [0.5, 0.6) is 0 Å². The van der Waals surface area contributed by atoms with Crippen molar-refractivity contribution >= 4 is 29.0 Å². The van der Waals surface area contributed by atoms with Crippen LogP contribution in [0, 0.1) is 0 Å². The van der Waals surface area contributed by atoms with Crippen molar-refractivity contribution in [3.8, 4) is 0 Å². The summed E-state index contributed by atoms with van der Waals surface area (Å²) in [5.41, 5.74) is 1.08. The third-order valence-electron chi connectivity index (χ3n) is 2.74. The Labute approximate surface area is 105 Å². The number of halogens is 1. The van der Waals surface area contributed by atoms with Crippen molar-refractivity contribution in [1.29, 1.82) is 0 Å². The summed E-state index contributed by atoms with van der Waals surface area (Å²) in [6.45, 7) is 1.35. The fourth-order valence-corrected chi connectivity index (χ4v) is 2.08. The fraction of sp³-hybridized carbons (Fsp3) is 0.333. The highest BCUT2D eigenvalue weighted by Crippen LogP contribution is 2.31. The Bertz CT molecular complexity index is 474. The maximum atomic E-state index is 11.8. The lowest BCUT2D eigenvalue weighted by atomic mass is 10.1. The maximum absolute atomic E-state index is 11.8. The van der Waals surface area contributed by atoms with Gasteiger partial charge in [-0.05, 0) is 38.2 Å². The second-order valence-electron chi connectivity index (χ2n) is 3.90. The van der Waals surface area contributed by atoms with Gasteiger partial charge < -0.3 is 10.2 Å². The van der Waals surface area contributed by atoms with Crippen LogP contribution in [0.2, 0.25) is 5.02 Å². The molecule has 0 bridgehead atoms. The molecule has 0 spiro atoms. The van der Waals surface area contributed by atoms with Crippen LogP contribution in [0.3, 0.4) is 0 Å². The van der Waals surface area contributed by atoms with Gasteiger partial charge in [0, 0.05) is 11.6 Å². The van der Waals surface area contributed by atoms with E-state index in [0.717, 1.165) is 13.0 Å². The van der Waals surface area contributed by atoms with E-state index in [9.17, 15) is 9.59 Å². The molecular formula is C12H13ClN2O2. The Morgan fingerprint density at radius 1 is 1.35 bits per heavy atom. The summed E-state index contributed by atoms with van der Waals surface area (Å²) in [7, 11) is 1.85. The van der Waals surface area contributed by atoms with Crippen LogP contribution in [0.25, 0.3) is 0 Å². The van der Waals surface area contributed by atoms with Crippen molar-refractivity contribution in [3.05, 3.63) is 28.8 Å². The zero-order valence-electron chi connectivity index (χ0n) is 9.50. The molecule has 0 saturated heterocycles. The van der Waals surface area contributed by atoms with Crippen molar-refractivity contribution in [2.24, 2.45) is 0 Å². The lowest BCUT2D eigenvalue weighted by Crippen LogP contribution is -2.32. The first kappa shape index (κ1) is 12.1. The van der Waals surface area contributed by atoms with Gasteiger partial charge in [-0.2, -0.15) is 0 Å². The molecule has 0 saturated carbocycles. The topological polar surface area (TPSA) is 49.4 Å². The van der Waals surface area contributed by atoms with Gasteiger partial charge in [-0.1, -0.05) is 11.6 Å². The van der Waals surface area contributed by atoms with Crippen LogP contribution in [0.1, 0.15) is 16.8 Å². The van der Waals surface area contributed by atoms with Crippen molar-refractivity contribution in [1.82, 2.24) is 5.32 Å². The minimum atomic E-state index is -0.466. The Hall–Kier alpha value is -1.39. The number of amides is 1. The van der Waals surface area contributed by atoms with Gasteiger partial charge in [0.2, 0.25) is 0 Å². The molecule has 1 aromatic carbocycles. The number of hydrogen-bond donors (Lipinski definition) is 1. The van der Waals surface area contributed by atoms with Crippen LogP contribution in [-0.2, 0) is 4.79 Å². The van der Waals surface area contributed by atoms with Gasteiger partial charge in [-0.25, -0.2) is 0 Å². The first-order chi connectivity index (χ1) is 8.15. The zero-order valence-corrected chi connectivity index (χ0v) is 10.3. The molecular weight excluding hydrogens is 240 g/mol. The van der Waals surface area contributed by atoms with Gasteiger partial charge in [0.15, 0.2) is 0 Å². The summed E-state index contributed by atoms with van der Waals surface area (Å²) in [5, 5.41) is 3.48. The van der Waals surface area contributed by atoms with Crippen molar-refractivity contribution in [3.63, 3.8) is 0 Å². The lowest BCUT2D eigenvalue weighted by molar-refractivity contribution is -0.114. The molecule has 4 nitrogen and oxygen atoms in total. The SMILES string of the molecule is CNCCCN1C(=O)C(=O)c2cc(Cl)ccc21. The average molecular weight is 253 g/mol. The Kier molecular flexibility index (Phi) is 3.45. The maximum Gasteiger partial charge on any atom is 0.299 e. The van der Waals surface area contributed by atoms with E-state index in [1.165, 1.54) is 4.90 Å². The number of Topliss-reactive ketones (excluding diaryl/α,β-unsaturated/α-hetero) is 1. The summed E-state index contributed by atoms with van der Waals surface area (Å²) in [4.78, 5) is 25.0. The number of benzene rings is 1. The second-order valence-corrected chi connectivity index (χ2v) is 4.34. The molecule has 90 valence electrons. The zero-order chi connectivity index (χ0) is 12.4. The van der Waals surface area contributed by atoms with E-state index in [2.05, 4.69) is 5.32 Å². The average Bonchev–Trinajstić information content (AvgIpc) is 2.54. The standard InChI is InChI=1S/C12H13ClN2O2/c1-14-5-2-6-15-10-4-3-8(13)7-9(10)11(16)12(15)17/h3-4,7,14H,2,5-6H2,1H3. The molecule has 1 amide bonds. The van der Waals surface area contributed by atoms with Gasteiger partial charge >= 0.3 is 0 Å². The summed E-state index contributed by atoms with van der Waals surface area (Å²) >= 11 is 5.82. The predicted molar refractivity (Wildman–Crippen MR) is 66.7 cm³/mol. The van der Waals surface area contributed by atoms with E-state index in [0.29, 0.717) is 22.8 Å². The molecule has 0 unspecified atom stereocenters. The van der Waals surface area contributed by atoms with Crippen LogP contribution in [-0.4, -0.2) is 31.8 Å². The van der Waals surface area contributed by atoms with E-state index in [-0.39, 0.29) is 0 Å². The van der Waals surface area contributed by atoms with Crippen LogP contribution in [0.15, 0.2) is 18.2 Å². The predicted octanol–water partition coefficient (Wildman–Crippen LogP) is 1.48. The van der Waals surface area contributed by atoms with Crippen LogP contribution >= 0.6 is 11.6 Å². The highest BCUT2D eigenvalue weighted by atomic mass is 35.5. The number of anilines is 1. The number of carbonyl (C=O) groups excluding carboxylic acids is 2. The molecule has 0 radical (unpaired) electrons. The number of rotatable bonds is 4. The quantitative estimate of drug-likeness (QED) is 0.652. The van der Waals surface area contributed by atoms with Gasteiger partial charge in [-0.15, -0.1) is 0 Å². The summed E-state index contributed by atoms with van der Waals surface area (Å²) < 4.78 is 0. The first-order valence-corrected chi connectivity index (χ1v) is 5.83. The number of carbonyl (C=O) groups is 2. The number of nitrogens with one attached hydrogen (secondary N) is 1. The number of fused-ring (bicyclic) bond motifs is 1. The van der Waals surface area contributed by atoms with E-state index >= 15 is 0 Å². The third kappa shape index (κ3) is 2.18. The van der Waals surface area contributed by atoms with E-state index in [1.807, 2.05) is 7.05 Å². The molecule has 5 heteroatoms. The number of hydrogen-bond acceptors (Lipinski definition) is 3. The molecule has 1 aliphatic heterocycles. The molecule has 0 atom stereocenters. The minimum Gasteiger partial charge on any atom is -0.320 e. The molecule has 1 heterocycles. The Balaban J connectivity index is 2.25. The summed E-state index contributed by atoms with van der Waals surface area (Å²) in [5.74, 6) is -0.926. The molecule has 2 rings (SSSR count). The lowest BCUT2D eigenvalue weighted by Gasteiger charge is -2.16. The van der Waals surface area contributed by atoms with E-state index in [1.54, 1.807) is 18.2 Å². The van der Waals surface area contributed by atoms with E-state index in [4.69, 9.17) is 11.6 Å². The van der Waals surface area contributed by atoms with Gasteiger partial charge in [0.05, 0.1) is 11.3 Å². The van der Waals surface area contributed by atoms with Gasteiger partial charge in [0.25, 0.3) is 11.7 Å². The molecule has 0 aliphatic carbocycles. The largest absolute Gasteiger partial charge is 0.320 e. The molecule has 0 fully saturated rings. The van der Waals surface area contributed by atoms with E-state index < -0.39 is 11.7 Å². The van der Waals surface area contributed by atoms with Crippen molar-refractivity contribution < 1.29 is 9.59 Å². The van der Waals surface area contributed by atoms with Crippen LogP contribution in [0.4, 0.5) is 5.69 Å². The smallest absolute Gasteiger partial charge is 0.299 e. The number of nitrogens with zero attached hydrogens (tertiary/aromatic N) is 1. The highest BCUT2D eigenvalue weighted by Gasteiger charge is 2.35. The van der Waals surface area contributed by atoms with Gasteiger partial charge in [0.1, 0.15) is 0 Å². The van der Waals surface area contributed by atoms with Crippen molar-refractivity contribution in [2.75, 3.05) is 25.0 Å². The molecule has 1 aromatic rings. The highest BCUT2D eigenvalue weighted by molar-refractivity contribution is 6.52. The molecule has 17 heavy (non-hydrogen) atoms. The third-order valence-corrected chi connectivity index (χ3v) is 2.98.